The van der Waals surface area contributed by atoms with Crippen molar-refractivity contribution >= 4 is 33.9 Å². The fourth-order valence-electron chi connectivity index (χ4n) is 4.14. The number of β-amino-alcohol motifs (C(OH)–C–C–N with tert-alkyl or cyclic N) is 1. The summed E-state index contributed by atoms with van der Waals surface area (Å²) in [4.78, 5) is 18.6. The first-order valence-electron chi connectivity index (χ1n) is 10.1. The molecular formula is C23H21N7O. The number of aliphatic hydroxyl groups is 1. The van der Waals surface area contributed by atoms with E-state index in [1.54, 1.807) is 12.5 Å². The Hall–Kier alpha value is -3.91. The number of rotatable bonds is 4. The summed E-state index contributed by atoms with van der Waals surface area (Å²) < 4.78 is 2.01. The monoisotopic (exact) mass is 411 g/mol. The maximum atomic E-state index is 9.95. The Morgan fingerprint density at radius 1 is 1.06 bits per heavy atom. The molecule has 0 spiro atoms. The molecule has 4 aromatic heterocycles. The second-order valence-electron chi connectivity index (χ2n) is 8.31. The number of hydrogen-bond donors (Lipinski definition) is 3. The summed E-state index contributed by atoms with van der Waals surface area (Å²) in [5.74, 6) is 0.738. The zero-order chi connectivity index (χ0) is 21.0. The Kier molecular flexibility index (Phi) is 3.78. The van der Waals surface area contributed by atoms with Crippen LogP contribution in [-0.2, 0) is 0 Å². The van der Waals surface area contributed by atoms with Crippen molar-refractivity contribution in [3.63, 3.8) is 0 Å². The fraction of sp³-hybridized carbons (Fsp3) is 0.174. The lowest BCUT2D eigenvalue weighted by atomic mass is 9.96. The molecule has 1 saturated heterocycles. The third kappa shape index (κ3) is 3.17. The first kappa shape index (κ1) is 17.9. The quantitative estimate of drug-likeness (QED) is 0.418. The second-order valence-corrected chi connectivity index (χ2v) is 8.31. The van der Waals surface area contributed by atoms with Gasteiger partial charge in [-0.25, -0.2) is 15.0 Å². The summed E-state index contributed by atoms with van der Waals surface area (Å²) in [5.41, 5.74) is 6.19. The van der Waals surface area contributed by atoms with Crippen LogP contribution in [0, 0.1) is 0 Å². The highest BCUT2D eigenvalue weighted by atomic mass is 16.3. The Morgan fingerprint density at radius 3 is 2.77 bits per heavy atom. The van der Waals surface area contributed by atoms with Crippen LogP contribution >= 0.6 is 0 Å². The Bertz CT molecular complexity index is 1390. The second kappa shape index (κ2) is 6.55. The van der Waals surface area contributed by atoms with Crippen LogP contribution in [0.4, 0.5) is 17.2 Å². The highest BCUT2D eigenvalue weighted by molar-refractivity contribution is 5.84. The van der Waals surface area contributed by atoms with Crippen LogP contribution in [0.5, 0.6) is 0 Å². The highest BCUT2D eigenvalue weighted by Crippen LogP contribution is 2.31. The van der Waals surface area contributed by atoms with Gasteiger partial charge in [0, 0.05) is 37.2 Å². The van der Waals surface area contributed by atoms with Gasteiger partial charge in [-0.05, 0) is 42.8 Å². The van der Waals surface area contributed by atoms with Crippen molar-refractivity contribution in [2.45, 2.75) is 12.5 Å². The largest absolute Gasteiger partial charge is 0.386 e. The van der Waals surface area contributed by atoms with Gasteiger partial charge < -0.3 is 24.7 Å². The predicted octanol–water partition coefficient (Wildman–Crippen LogP) is 3.59. The lowest BCUT2D eigenvalue weighted by Gasteiger charge is -2.45. The molecule has 8 nitrogen and oxygen atoms in total. The SMILES string of the molecule is CC1(O)CN(c2ccc(Nc3cc(-c4ccc5nc[nH]c5c4)cn4ccnc34)nc2)C1. The van der Waals surface area contributed by atoms with E-state index in [9.17, 15) is 5.11 Å². The van der Waals surface area contributed by atoms with Gasteiger partial charge in [0.2, 0.25) is 0 Å². The van der Waals surface area contributed by atoms with Gasteiger partial charge in [0.05, 0.1) is 40.5 Å². The van der Waals surface area contributed by atoms with Crippen LogP contribution in [0.1, 0.15) is 6.92 Å². The Morgan fingerprint density at radius 2 is 1.97 bits per heavy atom. The lowest BCUT2D eigenvalue weighted by Crippen LogP contribution is -2.60. The molecule has 6 rings (SSSR count). The van der Waals surface area contributed by atoms with E-state index < -0.39 is 5.60 Å². The summed E-state index contributed by atoms with van der Waals surface area (Å²) in [5, 5.41) is 13.4. The van der Waals surface area contributed by atoms with Crippen LogP contribution in [0.15, 0.2) is 67.5 Å². The average molecular weight is 411 g/mol. The van der Waals surface area contributed by atoms with Gasteiger partial charge in [-0.3, -0.25) is 0 Å². The van der Waals surface area contributed by atoms with Crippen molar-refractivity contribution in [3.8, 4) is 11.1 Å². The van der Waals surface area contributed by atoms with Gasteiger partial charge in [0.25, 0.3) is 0 Å². The normalized spacial score (nSPS) is 15.4. The average Bonchev–Trinajstić information content (AvgIpc) is 3.41. The van der Waals surface area contributed by atoms with Crippen molar-refractivity contribution in [1.29, 1.82) is 0 Å². The fourth-order valence-corrected chi connectivity index (χ4v) is 4.14. The third-order valence-corrected chi connectivity index (χ3v) is 5.68. The minimum Gasteiger partial charge on any atom is -0.386 e. The molecule has 31 heavy (non-hydrogen) atoms. The molecule has 8 heteroatoms. The number of anilines is 3. The maximum absolute atomic E-state index is 9.95. The van der Waals surface area contributed by atoms with Crippen molar-refractivity contribution < 1.29 is 5.11 Å². The van der Waals surface area contributed by atoms with Crippen LogP contribution in [0.3, 0.4) is 0 Å². The zero-order valence-corrected chi connectivity index (χ0v) is 16.9. The number of aromatic amines is 1. The van der Waals surface area contributed by atoms with Crippen molar-refractivity contribution in [1.82, 2.24) is 24.3 Å². The van der Waals surface area contributed by atoms with Crippen LogP contribution in [0.2, 0.25) is 0 Å². The minimum atomic E-state index is -0.608. The topological polar surface area (TPSA) is 94.4 Å². The van der Waals surface area contributed by atoms with Gasteiger partial charge >= 0.3 is 0 Å². The van der Waals surface area contributed by atoms with E-state index in [1.807, 2.05) is 41.9 Å². The van der Waals surface area contributed by atoms with E-state index in [4.69, 9.17) is 0 Å². The highest BCUT2D eigenvalue weighted by Gasteiger charge is 2.36. The van der Waals surface area contributed by atoms with E-state index in [2.05, 4.69) is 54.5 Å². The Labute approximate surface area is 178 Å². The molecular weight excluding hydrogens is 390 g/mol. The molecule has 5 aromatic rings. The molecule has 0 radical (unpaired) electrons. The molecule has 0 aliphatic carbocycles. The van der Waals surface area contributed by atoms with Crippen molar-refractivity contribution in [3.05, 3.63) is 67.5 Å². The van der Waals surface area contributed by atoms with Crippen LogP contribution in [-0.4, -0.2) is 48.1 Å². The summed E-state index contributed by atoms with van der Waals surface area (Å²) in [6.07, 6.45) is 9.32. The molecule has 3 N–H and O–H groups in total. The molecule has 1 aromatic carbocycles. The van der Waals surface area contributed by atoms with Crippen molar-refractivity contribution in [2.75, 3.05) is 23.3 Å². The van der Waals surface area contributed by atoms with Gasteiger partial charge in [-0.15, -0.1) is 0 Å². The predicted molar refractivity (Wildman–Crippen MR) is 121 cm³/mol. The number of aromatic nitrogens is 5. The van der Waals surface area contributed by atoms with Gasteiger partial charge in [0.1, 0.15) is 5.82 Å². The first-order valence-corrected chi connectivity index (χ1v) is 10.1. The van der Waals surface area contributed by atoms with Crippen LogP contribution in [0.25, 0.3) is 27.8 Å². The zero-order valence-electron chi connectivity index (χ0n) is 16.9. The van der Waals surface area contributed by atoms with Crippen LogP contribution < -0.4 is 10.2 Å². The number of pyridine rings is 2. The number of benzene rings is 1. The molecule has 0 unspecified atom stereocenters. The van der Waals surface area contributed by atoms with Crippen molar-refractivity contribution in [2.24, 2.45) is 0 Å². The summed E-state index contributed by atoms with van der Waals surface area (Å²) >= 11 is 0. The minimum absolute atomic E-state index is 0.608. The molecule has 154 valence electrons. The van der Waals surface area contributed by atoms with Gasteiger partial charge in [-0.2, -0.15) is 0 Å². The molecule has 1 fully saturated rings. The third-order valence-electron chi connectivity index (χ3n) is 5.68. The smallest absolute Gasteiger partial charge is 0.160 e. The molecule has 0 saturated carbocycles. The standard InChI is InChI=1S/C23H21N7O/c1-23(31)12-30(13-23)17-3-5-21(25-10-17)28-20-9-16(11-29-7-6-24-22(20)29)15-2-4-18-19(8-15)27-14-26-18/h2-11,14,31H,12-13H2,1H3,(H,25,28)(H,26,27). The van der Waals surface area contributed by atoms with E-state index in [0.717, 1.165) is 45.0 Å². The van der Waals surface area contributed by atoms with E-state index in [1.165, 1.54) is 0 Å². The number of nitrogens with zero attached hydrogens (tertiary/aromatic N) is 5. The number of imidazole rings is 2. The number of H-pyrrole nitrogens is 1. The summed E-state index contributed by atoms with van der Waals surface area (Å²) in [7, 11) is 0. The molecule has 0 amide bonds. The number of fused-ring (bicyclic) bond motifs is 2. The first-order chi connectivity index (χ1) is 15.0. The lowest BCUT2D eigenvalue weighted by molar-refractivity contribution is 0.0310. The molecule has 0 atom stereocenters. The van der Waals surface area contributed by atoms with E-state index in [-0.39, 0.29) is 0 Å². The molecule has 1 aliphatic heterocycles. The molecule has 1 aliphatic rings. The number of hydrogen-bond acceptors (Lipinski definition) is 6. The molecule has 5 heterocycles. The van der Waals surface area contributed by atoms with E-state index >= 15 is 0 Å². The summed E-state index contributed by atoms with van der Waals surface area (Å²) in [6, 6.07) is 12.2. The van der Waals surface area contributed by atoms with Gasteiger partial charge in [0.15, 0.2) is 5.65 Å². The molecule has 0 bridgehead atoms. The maximum Gasteiger partial charge on any atom is 0.160 e. The Balaban J connectivity index is 1.33. The summed E-state index contributed by atoms with van der Waals surface area (Å²) in [6.45, 7) is 3.09. The number of nitrogens with one attached hydrogen (secondary N) is 2. The van der Waals surface area contributed by atoms with Gasteiger partial charge in [-0.1, -0.05) is 6.07 Å². The van der Waals surface area contributed by atoms with E-state index in [0.29, 0.717) is 13.1 Å².